The van der Waals surface area contributed by atoms with E-state index in [0.717, 1.165) is 11.6 Å². The average Bonchev–Trinajstić information content (AvgIpc) is 2.28. The molecule has 1 rings (SSSR count). The van der Waals surface area contributed by atoms with Crippen LogP contribution in [-0.2, 0) is 16.0 Å². The topological polar surface area (TPSA) is 66.8 Å². The number of hydrogen-bond donors (Lipinski definition) is 2. The Kier molecular flexibility index (Phi) is 3.94. The lowest BCUT2D eigenvalue weighted by Gasteiger charge is -2.09. The Labute approximate surface area is 93.8 Å². The van der Waals surface area contributed by atoms with E-state index in [0.29, 0.717) is 12.0 Å². The maximum Gasteiger partial charge on any atom is 0.330 e. The average molecular weight is 222 g/mol. The summed E-state index contributed by atoms with van der Waals surface area (Å²) in [6.07, 6.45) is 1.43. The Morgan fingerprint density at radius 3 is 2.81 bits per heavy atom. The zero-order valence-corrected chi connectivity index (χ0v) is 9.06. The fourth-order valence-electron chi connectivity index (χ4n) is 1.35. The van der Waals surface area contributed by atoms with Gasteiger partial charge in [0.2, 0.25) is 0 Å². The van der Waals surface area contributed by atoms with Crippen LogP contribution in [0.15, 0.2) is 24.8 Å². The molecule has 1 aromatic rings. The predicted molar refractivity (Wildman–Crippen MR) is 59.4 cm³/mol. The number of carbonyl (C=O) groups is 1. The molecular weight excluding hydrogens is 208 g/mol. The number of phenolic OH excluding ortho intramolecular Hbond substituents is 2. The van der Waals surface area contributed by atoms with Gasteiger partial charge in [0.25, 0.3) is 0 Å². The van der Waals surface area contributed by atoms with Crippen molar-refractivity contribution in [1.29, 1.82) is 0 Å². The number of ether oxygens (including phenoxy) is 1. The van der Waals surface area contributed by atoms with Gasteiger partial charge in [0.15, 0.2) is 11.5 Å². The summed E-state index contributed by atoms with van der Waals surface area (Å²) in [6.45, 7) is 5.22. The van der Waals surface area contributed by atoms with Crippen LogP contribution in [0.3, 0.4) is 0 Å². The van der Waals surface area contributed by atoms with Crippen LogP contribution in [0.4, 0.5) is 0 Å². The summed E-state index contributed by atoms with van der Waals surface area (Å²) in [6, 6.07) is 3.11. The Bertz CT molecular complexity index is 410. The fourth-order valence-corrected chi connectivity index (χ4v) is 1.35. The van der Waals surface area contributed by atoms with Crippen LogP contribution in [-0.4, -0.2) is 22.8 Å². The second-order valence-electron chi connectivity index (χ2n) is 3.35. The van der Waals surface area contributed by atoms with Crippen molar-refractivity contribution in [3.8, 4) is 11.5 Å². The van der Waals surface area contributed by atoms with Crippen molar-refractivity contribution < 1.29 is 19.7 Å². The van der Waals surface area contributed by atoms with Crippen LogP contribution in [0.5, 0.6) is 11.5 Å². The number of rotatable bonds is 4. The summed E-state index contributed by atoms with van der Waals surface area (Å²) in [5.41, 5.74) is 1.42. The molecule has 0 spiro atoms. The van der Waals surface area contributed by atoms with Crippen LogP contribution in [0.25, 0.3) is 0 Å². The van der Waals surface area contributed by atoms with Crippen LogP contribution >= 0.6 is 0 Å². The molecule has 1 aromatic carbocycles. The van der Waals surface area contributed by atoms with Crippen molar-refractivity contribution in [2.24, 2.45) is 0 Å². The molecule has 0 saturated heterocycles. The van der Waals surface area contributed by atoms with E-state index in [2.05, 4.69) is 6.58 Å². The van der Waals surface area contributed by atoms with Crippen molar-refractivity contribution in [2.75, 3.05) is 6.61 Å². The molecule has 0 aliphatic heterocycles. The lowest BCUT2D eigenvalue weighted by atomic mass is 10.0. The monoisotopic (exact) mass is 222 g/mol. The Morgan fingerprint density at radius 2 is 2.19 bits per heavy atom. The molecule has 0 atom stereocenters. The minimum atomic E-state index is -0.503. The van der Waals surface area contributed by atoms with E-state index >= 15 is 0 Å². The zero-order chi connectivity index (χ0) is 12.1. The summed E-state index contributed by atoms with van der Waals surface area (Å²) in [4.78, 5) is 10.8. The highest BCUT2D eigenvalue weighted by Gasteiger charge is 2.09. The van der Waals surface area contributed by atoms with Crippen LogP contribution < -0.4 is 0 Å². The first kappa shape index (κ1) is 12.1. The lowest BCUT2D eigenvalue weighted by Crippen LogP contribution is -2.05. The van der Waals surface area contributed by atoms with E-state index in [-0.39, 0.29) is 18.1 Å². The summed E-state index contributed by atoms with van der Waals surface area (Å²) >= 11 is 0. The highest BCUT2D eigenvalue weighted by Crippen LogP contribution is 2.31. The summed E-state index contributed by atoms with van der Waals surface area (Å²) in [5.74, 6) is -0.831. The van der Waals surface area contributed by atoms with Crippen LogP contribution in [0.1, 0.15) is 11.1 Å². The third-order valence-electron chi connectivity index (χ3n) is 2.26. The second-order valence-corrected chi connectivity index (χ2v) is 3.35. The van der Waals surface area contributed by atoms with E-state index in [1.807, 2.05) is 6.92 Å². The molecule has 4 heteroatoms. The van der Waals surface area contributed by atoms with Gasteiger partial charge in [0.05, 0.1) is 6.61 Å². The van der Waals surface area contributed by atoms with E-state index in [4.69, 9.17) is 4.74 Å². The SMILES string of the molecule is C=CC(=O)OCCc1c(C)ccc(O)c1O. The molecule has 2 N–H and O–H groups in total. The van der Waals surface area contributed by atoms with Gasteiger partial charge < -0.3 is 14.9 Å². The zero-order valence-electron chi connectivity index (χ0n) is 9.06. The first-order valence-corrected chi connectivity index (χ1v) is 4.86. The van der Waals surface area contributed by atoms with Gasteiger partial charge in [-0.2, -0.15) is 0 Å². The second kappa shape index (κ2) is 5.21. The third-order valence-corrected chi connectivity index (χ3v) is 2.26. The molecule has 0 amide bonds. The first-order valence-electron chi connectivity index (χ1n) is 4.86. The van der Waals surface area contributed by atoms with E-state index in [1.165, 1.54) is 6.07 Å². The highest BCUT2D eigenvalue weighted by molar-refractivity contribution is 5.81. The highest BCUT2D eigenvalue weighted by atomic mass is 16.5. The minimum absolute atomic E-state index is 0.142. The number of hydrogen-bond acceptors (Lipinski definition) is 4. The number of phenols is 2. The summed E-state index contributed by atoms with van der Waals surface area (Å²) < 4.78 is 4.80. The molecule has 86 valence electrons. The van der Waals surface area contributed by atoms with Crippen molar-refractivity contribution in [2.45, 2.75) is 13.3 Å². The molecule has 4 nitrogen and oxygen atoms in total. The van der Waals surface area contributed by atoms with E-state index in [1.54, 1.807) is 6.07 Å². The van der Waals surface area contributed by atoms with Crippen LogP contribution in [0, 0.1) is 6.92 Å². The molecule has 0 bridgehead atoms. The first-order chi connectivity index (χ1) is 7.56. The molecule has 16 heavy (non-hydrogen) atoms. The van der Waals surface area contributed by atoms with Crippen molar-refractivity contribution in [3.05, 3.63) is 35.9 Å². The van der Waals surface area contributed by atoms with Gasteiger partial charge in [-0.1, -0.05) is 12.6 Å². The van der Waals surface area contributed by atoms with Gasteiger partial charge in [-0.3, -0.25) is 0 Å². The number of benzene rings is 1. The van der Waals surface area contributed by atoms with Gasteiger partial charge in [-0.05, 0) is 18.6 Å². The Morgan fingerprint density at radius 1 is 1.50 bits per heavy atom. The molecule has 0 fully saturated rings. The van der Waals surface area contributed by atoms with Crippen molar-refractivity contribution in [3.63, 3.8) is 0 Å². The third kappa shape index (κ3) is 2.76. The van der Waals surface area contributed by atoms with Gasteiger partial charge >= 0.3 is 5.97 Å². The molecule has 0 aliphatic rings. The normalized spacial score (nSPS) is 9.81. The fraction of sp³-hybridized carbons (Fsp3) is 0.250. The molecule has 0 heterocycles. The quantitative estimate of drug-likeness (QED) is 0.462. The Hall–Kier alpha value is -1.97. The van der Waals surface area contributed by atoms with Crippen LogP contribution in [0.2, 0.25) is 0 Å². The number of esters is 1. The van der Waals surface area contributed by atoms with Gasteiger partial charge in [-0.25, -0.2) is 4.79 Å². The van der Waals surface area contributed by atoms with Crippen molar-refractivity contribution >= 4 is 5.97 Å². The summed E-state index contributed by atoms with van der Waals surface area (Å²) in [7, 11) is 0. The van der Waals surface area contributed by atoms with Gasteiger partial charge in [0, 0.05) is 18.1 Å². The number of aromatic hydroxyl groups is 2. The lowest BCUT2D eigenvalue weighted by molar-refractivity contribution is -0.137. The van der Waals surface area contributed by atoms with Gasteiger partial charge in [0.1, 0.15) is 0 Å². The smallest absolute Gasteiger partial charge is 0.330 e. The standard InChI is InChI=1S/C12H14O4/c1-3-11(14)16-7-6-9-8(2)4-5-10(13)12(9)15/h3-5,13,15H,1,6-7H2,2H3. The Balaban J connectivity index is 2.70. The maximum atomic E-state index is 10.8. The predicted octanol–water partition coefficient (Wildman–Crippen LogP) is 1.68. The van der Waals surface area contributed by atoms with E-state index < -0.39 is 5.97 Å². The van der Waals surface area contributed by atoms with Gasteiger partial charge in [-0.15, -0.1) is 0 Å². The number of carbonyl (C=O) groups excluding carboxylic acids is 1. The maximum absolute atomic E-state index is 10.8. The number of aryl methyl sites for hydroxylation is 1. The summed E-state index contributed by atoms with van der Waals surface area (Å²) in [5, 5.41) is 18.9. The molecule has 0 aromatic heterocycles. The molecule has 0 unspecified atom stereocenters. The minimum Gasteiger partial charge on any atom is -0.504 e. The molecule has 0 aliphatic carbocycles. The largest absolute Gasteiger partial charge is 0.504 e. The van der Waals surface area contributed by atoms with Crippen molar-refractivity contribution in [1.82, 2.24) is 0 Å². The molecule has 0 saturated carbocycles. The molecular formula is C12H14O4. The van der Waals surface area contributed by atoms with E-state index in [9.17, 15) is 15.0 Å². The molecule has 0 radical (unpaired) electrons.